The smallest absolute Gasteiger partial charge is 0.326 e. The molecule has 0 aliphatic heterocycles. The third-order valence-electron chi connectivity index (χ3n) is 5.15. The van der Waals surface area contributed by atoms with Gasteiger partial charge in [0.25, 0.3) is 0 Å². The van der Waals surface area contributed by atoms with Gasteiger partial charge in [0.2, 0.25) is 5.91 Å². The maximum absolute atomic E-state index is 11.9. The van der Waals surface area contributed by atoms with Gasteiger partial charge in [0.15, 0.2) is 0 Å². The average molecular weight is 396 g/mol. The van der Waals surface area contributed by atoms with E-state index in [9.17, 15) is 9.59 Å². The van der Waals surface area contributed by atoms with Gasteiger partial charge in [-0.3, -0.25) is 4.79 Å². The fourth-order valence-electron chi connectivity index (χ4n) is 3.29. The van der Waals surface area contributed by atoms with Crippen molar-refractivity contribution in [3.63, 3.8) is 0 Å². The van der Waals surface area contributed by atoms with E-state index in [1.54, 1.807) is 0 Å². The van der Waals surface area contributed by atoms with Crippen LogP contribution < -0.4 is 5.32 Å². The molecule has 0 aliphatic rings. The highest BCUT2D eigenvalue weighted by atomic mass is 16.4. The Labute approximate surface area is 173 Å². The number of carbonyl (C=O) groups excluding carboxylic acids is 1. The molecule has 0 rings (SSSR count). The molecule has 0 heterocycles. The van der Waals surface area contributed by atoms with Gasteiger partial charge in [-0.2, -0.15) is 0 Å². The zero-order chi connectivity index (χ0) is 20.9. The summed E-state index contributed by atoms with van der Waals surface area (Å²) in [5.41, 5.74) is 0. The minimum Gasteiger partial charge on any atom is -0.480 e. The van der Waals surface area contributed by atoms with Crippen molar-refractivity contribution in [2.45, 2.75) is 129 Å². The molecule has 28 heavy (non-hydrogen) atoms. The Morgan fingerprint density at radius 3 is 1.79 bits per heavy atom. The topological polar surface area (TPSA) is 66.4 Å². The molecule has 0 saturated carbocycles. The molecule has 0 aromatic heterocycles. The first kappa shape index (κ1) is 26.7. The number of aliphatic carboxylic acids is 1. The lowest BCUT2D eigenvalue weighted by molar-refractivity contribution is -0.142. The lowest BCUT2D eigenvalue weighted by atomic mass is 10.1. The molecule has 0 spiro atoms. The van der Waals surface area contributed by atoms with E-state index in [1.807, 2.05) is 6.92 Å². The minimum absolute atomic E-state index is 0.124. The summed E-state index contributed by atoms with van der Waals surface area (Å²) in [6, 6.07) is -0.726. The lowest BCUT2D eigenvalue weighted by Gasteiger charge is -2.13. The van der Waals surface area contributed by atoms with Gasteiger partial charge < -0.3 is 10.4 Å². The molecule has 1 atom stereocenters. The van der Waals surface area contributed by atoms with Crippen molar-refractivity contribution >= 4 is 11.9 Å². The second-order valence-corrected chi connectivity index (χ2v) is 7.93. The predicted molar refractivity (Wildman–Crippen MR) is 119 cm³/mol. The van der Waals surface area contributed by atoms with Crippen molar-refractivity contribution in [1.29, 1.82) is 0 Å². The van der Waals surface area contributed by atoms with E-state index in [0.717, 1.165) is 38.5 Å². The number of carboxylic acid groups (broad SMARTS) is 1. The summed E-state index contributed by atoms with van der Waals surface area (Å²) in [5.74, 6) is -1.05. The van der Waals surface area contributed by atoms with E-state index in [-0.39, 0.29) is 5.91 Å². The number of allylic oxidation sites excluding steroid dienone is 2. The van der Waals surface area contributed by atoms with E-state index in [2.05, 4.69) is 24.4 Å². The van der Waals surface area contributed by atoms with Crippen LogP contribution in [-0.4, -0.2) is 23.0 Å². The first-order valence-electron chi connectivity index (χ1n) is 11.8. The van der Waals surface area contributed by atoms with Gasteiger partial charge in [0.1, 0.15) is 6.04 Å². The lowest BCUT2D eigenvalue weighted by Crippen LogP contribution is -2.40. The molecule has 0 fully saturated rings. The molecule has 2 N–H and O–H groups in total. The van der Waals surface area contributed by atoms with Crippen LogP contribution in [-0.2, 0) is 9.59 Å². The highest BCUT2D eigenvalue weighted by Crippen LogP contribution is 2.10. The Balaban J connectivity index is 3.47. The molecular weight excluding hydrogens is 350 g/mol. The summed E-state index contributed by atoms with van der Waals surface area (Å²) in [5, 5.41) is 11.8. The van der Waals surface area contributed by atoms with Crippen LogP contribution in [0.5, 0.6) is 0 Å². The molecule has 0 bridgehead atoms. The molecular formula is C24H45NO3. The van der Waals surface area contributed by atoms with Crippen LogP contribution in [0.1, 0.15) is 123 Å². The molecule has 4 nitrogen and oxygen atoms in total. The van der Waals surface area contributed by atoms with Gasteiger partial charge in [0.05, 0.1) is 0 Å². The number of carbonyl (C=O) groups is 2. The van der Waals surface area contributed by atoms with Crippen LogP contribution in [0.3, 0.4) is 0 Å². The third-order valence-corrected chi connectivity index (χ3v) is 5.15. The highest BCUT2D eigenvalue weighted by molar-refractivity contribution is 5.83. The zero-order valence-corrected chi connectivity index (χ0v) is 18.5. The number of hydrogen-bond donors (Lipinski definition) is 2. The quantitative estimate of drug-likeness (QED) is 0.176. The van der Waals surface area contributed by atoms with E-state index in [0.29, 0.717) is 12.8 Å². The number of carboxylic acids is 1. The van der Waals surface area contributed by atoms with Gasteiger partial charge in [-0.1, -0.05) is 90.2 Å². The Morgan fingerprint density at radius 1 is 0.750 bits per heavy atom. The Hall–Kier alpha value is -1.32. The maximum Gasteiger partial charge on any atom is 0.326 e. The first-order chi connectivity index (χ1) is 13.6. The van der Waals surface area contributed by atoms with Crippen molar-refractivity contribution < 1.29 is 14.7 Å². The molecule has 0 aliphatic carbocycles. The van der Waals surface area contributed by atoms with Crippen LogP contribution in [0.15, 0.2) is 12.2 Å². The number of nitrogens with one attached hydrogen (secondary N) is 1. The Kier molecular flexibility index (Phi) is 19.5. The van der Waals surface area contributed by atoms with Crippen LogP contribution in [0.4, 0.5) is 0 Å². The SMILES string of the molecule is CCCCCCCC/C=C\CCCCCCCC(=O)N[C@@H](CCCC)C(=O)O. The van der Waals surface area contributed by atoms with Crippen LogP contribution in [0.2, 0.25) is 0 Å². The van der Waals surface area contributed by atoms with E-state index >= 15 is 0 Å². The molecule has 0 radical (unpaired) electrons. The predicted octanol–water partition coefficient (Wildman–Crippen LogP) is 6.78. The zero-order valence-electron chi connectivity index (χ0n) is 18.5. The molecule has 164 valence electrons. The largest absolute Gasteiger partial charge is 0.480 e. The molecule has 0 unspecified atom stereocenters. The fraction of sp³-hybridized carbons (Fsp3) is 0.833. The molecule has 0 saturated heterocycles. The van der Waals surface area contributed by atoms with Crippen molar-refractivity contribution in [1.82, 2.24) is 5.32 Å². The summed E-state index contributed by atoms with van der Waals surface area (Å²) in [4.78, 5) is 23.0. The van der Waals surface area contributed by atoms with Gasteiger partial charge in [-0.15, -0.1) is 0 Å². The number of amides is 1. The summed E-state index contributed by atoms with van der Waals surface area (Å²) >= 11 is 0. The molecule has 1 amide bonds. The fourth-order valence-corrected chi connectivity index (χ4v) is 3.29. The van der Waals surface area contributed by atoms with Gasteiger partial charge in [-0.05, 0) is 38.5 Å². The summed E-state index contributed by atoms with van der Waals surface area (Å²) < 4.78 is 0. The first-order valence-corrected chi connectivity index (χ1v) is 11.8. The van der Waals surface area contributed by atoms with Crippen LogP contribution in [0, 0.1) is 0 Å². The standard InChI is InChI=1S/C24H45NO3/c1-3-5-7-8-9-10-11-12-13-14-15-16-17-18-19-21-23(26)25-22(24(27)28)20-6-4-2/h12-13,22H,3-11,14-21H2,1-2H3,(H,25,26)(H,27,28)/b13-12-/t22-/m0/s1. The van der Waals surface area contributed by atoms with Crippen molar-refractivity contribution in [2.24, 2.45) is 0 Å². The van der Waals surface area contributed by atoms with Crippen LogP contribution >= 0.6 is 0 Å². The molecule has 4 heteroatoms. The number of unbranched alkanes of at least 4 members (excludes halogenated alkanes) is 12. The Bertz CT molecular complexity index is 407. The summed E-state index contributed by atoms with van der Waals surface area (Å²) in [6.07, 6.45) is 23.4. The second kappa shape index (κ2) is 20.4. The van der Waals surface area contributed by atoms with Gasteiger partial charge >= 0.3 is 5.97 Å². The average Bonchev–Trinajstić information content (AvgIpc) is 2.67. The van der Waals surface area contributed by atoms with E-state index < -0.39 is 12.0 Å². The Morgan fingerprint density at radius 2 is 1.25 bits per heavy atom. The monoisotopic (exact) mass is 395 g/mol. The molecule has 0 aromatic carbocycles. The number of hydrogen-bond acceptors (Lipinski definition) is 2. The summed E-state index contributed by atoms with van der Waals surface area (Å²) in [7, 11) is 0. The van der Waals surface area contributed by atoms with Gasteiger partial charge in [0, 0.05) is 6.42 Å². The second-order valence-electron chi connectivity index (χ2n) is 7.93. The highest BCUT2D eigenvalue weighted by Gasteiger charge is 2.18. The number of rotatable bonds is 20. The molecule has 0 aromatic rings. The van der Waals surface area contributed by atoms with Crippen LogP contribution in [0.25, 0.3) is 0 Å². The van der Waals surface area contributed by atoms with E-state index in [4.69, 9.17) is 5.11 Å². The maximum atomic E-state index is 11.9. The van der Waals surface area contributed by atoms with Crippen molar-refractivity contribution in [3.05, 3.63) is 12.2 Å². The van der Waals surface area contributed by atoms with Crippen molar-refractivity contribution in [2.75, 3.05) is 0 Å². The van der Waals surface area contributed by atoms with Crippen molar-refractivity contribution in [3.8, 4) is 0 Å². The van der Waals surface area contributed by atoms with Gasteiger partial charge in [-0.25, -0.2) is 4.79 Å². The normalized spacial score (nSPS) is 12.4. The van der Waals surface area contributed by atoms with E-state index in [1.165, 1.54) is 57.8 Å². The summed E-state index contributed by atoms with van der Waals surface area (Å²) in [6.45, 7) is 4.28. The minimum atomic E-state index is -0.925. The third kappa shape index (κ3) is 18.1.